The highest BCUT2D eigenvalue weighted by Gasteiger charge is 2.25. The number of H-pyrrole nitrogens is 1. The van der Waals surface area contributed by atoms with E-state index in [0.29, 0.717) is 12.6 Å². The van der Waals surface area contributed by atoms with E-state index in [9.17, 15) is 4.79 Å². The van der Waals surface area contributed by atoms with Crippen molar-refractivity contribution in [2.75, 3.05) is 19.6 Å². The molecule has 1 saturated heterocycles. The van der Waals surface area contributed by atoms with E-state index in [1.807, 2.05) is 49.1 Å². The second-order valence-electron chi connectivity index (χ2n) is 7.20. The molecule has 3 aromatic heterocycles. The maximum Gasteiger partial charge on any atom is 0.176 e. The second-order valence-corrected chi connectivity index (χ2v) is 7.20. The molecule has 1 unspecified atom stereocenters. The van der Waals surface area contributed by atoms with Gasteiger partial charge in [0.1, 0.15) is 11.2 Å². The number of ketones is 1. The first-order chi connectivity index (χ1) is 13.3. The number of nitrogens with one attached hydrogen (secondary N) is 1. The number of piperidine rings is 1. The van der Waals surface area contributed by atoms with Crippen molar-refractivity contribution < 1.29 is 4.79 Å². The van der Waals surface area contributed by atoms with Crippen LogP contribution in [0, 0.1) is 0 Å². The number of likely N-dealkylation sites (tertiary alicyclic amines) is 1. The van der Waals surface area contributed by atoms with Crippen LogP contribution in [-0.2, 0) is 0 Å². The lowest BCUT2D eigenvalue weighted by molar-refractivity contribution is 0.0891. The van der Waals surface area contributed by atoms with E-state index in [4.69, 9.17) is 0 Å². The number of nitrogens with zero attached hydrogens (tertiary/aromatic N) is 4. The first-order valence-corrected chi connectivity index (χ1v) is 9.39. The molecule has 6 heteroatoms. The number of Topliss-reactive ketones (excluding diaryl/α,β-unsaturated/α-hetero) is 1. The lowest BCUT2D eigenvalue weighted by atomic mass is 10.0. The Hall–Kier alpha value is -2.99. The lowest BCUT2D eigenvalue weighted by Gasteiger charge is -2.33. The molecule has 0 radical (unpaired) electrons. The molecular weight excluding hydrogens is 338 g/mol. The molecule has 0 amide bonds. The van der Waals surface area contributed by atoms with Gasteiger partial charge >= 0.3 is 0 Å². The van der Waals surface area contributed by atoms with Crippen LogP contribution >= 0.6 is 0 Å². The summed E-state index contributed by atoms with van der Waals surface area (Å²) in [6, 6.07) is 11.9. The smallest absolute Gasteiger partial charge is 0.176 e. The van der Waals surface area contributed by atoms with Gasteiger partial charge < -0.3 is 9.55 Å². The number of aromatic amines is 1. The van der Waals surface area contributed by atoms with Crippen molar-refractivity contribution in [3.63, 3.8) is 0 Å². The topological polar surface area (TPSA) is 66.8 Å². The summed E-state index contributed by atoms with van der Waals surface area (Å²) in [4.78, 5) is 27.0. The first-order valence-electron chi connectivity index (χ1n) is 9.39. The standard InChI is InChI=1S/C21H21N5O/c27-19(15-5-2-1-3-6-15)13-25-10-4-7-16(12-25)26-14-24-18-11-23-21-17(20(18)26)8-9-22-21/h1-3,5-6,8-9,11,14,16H,4,7,10,12-13H2,(H,22,23). The molecule has 0 bridgehead atoms. The van der Waals surface area contributed by atoms with Crippen molar-refractivity contribution >= 4 is 27.9 Å². The molecule has 0 spiro atoms. The van der Waals surface area contributed by atoms with Gasteiger partial charge in [0.2, 0.25) is 0 Å². The number of benzene rings is 1. The molecule has 1 N–H and O–H groups in total. The molecule has 4 heterocycles. The minimum absolute atomic E-state index is 0.184. The fourth-order valence-electron chi connectivity index (χ4n) is 4.13. The summed E-state index contributed by atoms with van der Waals surface area (Å²) >= 11 is 0. The summed E-state index contributed by atoms with van der Waals surface area (Å²) in [6.45, 7) is 2.29. The first kappa shape index (κ1) is 16.2. The number of carbonyl (C=O) groups excluding carboxylic acids is 1. The average molecular weight is 359 g/mol. The van der Waals surface area contributed by atoms with Crippen LogP contribution in [0.5, 0.6) is 0 Å². The molecular formula is C21H21N5O. The largest absolute Gasteiger partial charge is 0.346 e. The third-order valence-electron chi connectivity index (χ3n) is 5.46. The molecule has 27 heavy (non-hydrogen) atoms. The quantitative estimate of drug-likeness (QED) is 0.567. The van der Waals surface area contributed by atoms with E-state index in [1.54, 1.807) is 0 Å². The van der Waals surface area contributed by atoms with Crippen molar-refractivity contribution in [1.82, 2.24) is 24.4 Å². The molecule has 1 aromatic carbocycles. The summed E-state index contributed by atoms with van der Waals surface area (Å²) in [5, 5.41) is 1.10. The Balaban J connectivity index is 1.41. The van der Waals surface area contributed by atoms with Crippen molar-refractivity contribution in [2.45, 2.75) is 18.9 Å². The summed E-state index contributed by atoms with van der Waals surface area (Å²) in [6.07, 6.45) is 7.83. The van der Waals surface area contributed by atoms with Gasteiger partial charge in [0.15, 0.2) is 5.78 Å². The molecule has 0 aliphatic carbocycles. The molecule has 1 atom stereocenters. The molecule has 1 fully saturated rings. The van der Waals surface area contributed by atoms with E-state index < -0.39 is 0 Å². The Morgan fingerprint density at radius 2 is 2.07 bits per heavy atom. The van der Waals surface area contributed by atoms with Gasteiger partial charge in [0.25, 0.3) is 0 Å². The molecule has 6 nitrogen and oxygen atoms in total. The highest BCUT2D eigenvalue weighted by molar-refractivity contribution is 6.01. The highest BCUT2D eigenvalue weighted by Crippen LogP contribution is 2.29. The lowest BCUT2D eigenvalue weighted by Crippen LogP contribution is -2.39. The molecule has 1 aliphatic heterocycles. The maximum atomic E-state index is 12.6. The third kappa shape index (κ3) is 2.92. The van der Waals surface area contributed by atoms with Crippen LogP contribution < -0.4 is 0 Å². The van der Waals surface area contributed by atoms with E-state index in [1.165, 1.54) is 0 Å². The number of hydrogen-bond donors (Lipinski definition) is 1. The number of rotatable bonds is 4. The van der Waals surface area contributed by atoms with Gasteiger partial charge in [0, 0.05) is 29.7 Å². The minimum atomic E-state index is 0.184. The van der Waals surface area contributed by atoms with E-state index >= 15 is 0 Å². The third-order valence-corrected chi connectivity index (χ3v) is 5.46. The number of imidazole rings is 1. The molecule has 5 rings (SSSR count). The van der Waals surface area contributed by atoms with Crippen molar-refractivity contribution in [1.29, 1.82) is 0 Å². The Kier molecular flexibility index (Phi) is 3.98. The number of pyridine rings is 1. The molecule has 136 valence electrons. The predicted molar refractivity (Wildman–Crippen MR) is 105 cm³/mol. The van der Waals surface area contributed by atoms with Crippen LogP contribution in [0.1, 0.15) is 29.2 Å². The Morgan fingerprint density at radius 3 is 2.96 bits per heavy atom. The number of fused-ring (bicyclic) bond motifs is 3. The number of carbonyl (C=O) groups is 1. The van der Waals surface area contributed by atoms with Gasteiger partial charge in [0.05, 0.1) is 24.6 Å². The molecule has 4 aromatic rings. The van der Waals surface area contributed by atoms with Gasteiger partial charge in [-0.15, -0.1) is 0 Å². The summed E-state index contributed by atoms with van der Waals surface area (Å²) in [5.41, 5.74) is 3.71. The van der Waals surface area contributed by atoms with Gasteiger partial charge in [-0.1, -0.05) is 30.3 Å². The van der Waals surface area contributed by atoms with Crippen LogP contribution in [0.2, 0.25) is 0 Å². The van der Waals surface area contributed by atoms with E-state index in [2.05, 4.69) is 30.5 Å². The zero-order valence-electron chi connectivity index (χ0n) is 15.0. The van der Waals surface area contributed by atoms with Crippen molar-refractivity contribution in [3.8, 4) is 0 Å². The average Bonchev–Trinajstić information content (AvgIpc) is 3.35. The normalized spacial score (nSPS) is 18.3. The van der Waals surface area contributed by atoms with Crippen molar-refractivity contribution in [2.24, 2.45) is 0 Å². The molecule has 1 aliphatic rings. The number of hydrogen-bond acceptors (Lipinski definition) is 4. The summed E-state index contributed by atoms with van der Waals surface area (Å²) < 4.78 is 2.27. The van der Waals surface area contributed by atoms with Crippen LogP contribution in [-0.4, -0.2) is 49.8 Å². The van der Waals surface area contributed by atoms with Gasteiger partial charge in [-0.2, -0.15) is 0 Å². The van der Waals surface area contributed by atoms with E-state index in [-0.39, 0.29) is 5.78 Å². The summed E-state index contributed by atoms with van der Waals surface area (Å²) in [7, 11) is 0. The van der Waals surface area contributed by atoms with Crippen LogP contribution in [0.4, 0.5) is 0 Å². The fraction of sp³-hybridized carbons (Fsp3) is 0.286. The predicted octanol–water partition coefficient (Wildman–Crippen LogP) is 3.43. The van der Waals surface area contributed by atoms with Crippen LogP contribution in [0.3, 0.4) is 0 Å². The zero-order chi connectivity index (χ0) is 18.2. The van der Waals surface area contributed by atoms with Gasteiger partial charge in [-0.3, -0.25) is 9.69 Å². The Bertz CT molecular complexity index is 1100. The molecule has 0 saturated carbocycles. The minimum Gasteiger partial charge on any atom is -0.346 e. The summed E-state index contributed by atoms with van der Waals surface area (Å²) in [5.74, 6) is 0.184. The van der Waals surface area contributed by atoms with Crippen LogP contribution in [0.15, 0.2) is 55.1 Å². The van der Waals surface area contributed by atoms with Gasteiger partial charge in [-0.25, -0.2) is 9.97 Å². The van der Waals surface area contributed by atoms with Crippen LogP contribution in [0.25, 0.3) is 22.1 Å². The fourth-order valence-corrected chi connectivity index (χ4v) is 4.13. The van der Waals surface area contributed by atoms with E-state index in [0.717, 1.165) is 53.6 Å². The Morgan fingerprint density at radius 1 is 1.19 bits per heavy atom. The SMILES string of the molecule is O=C(CN1CCCC(n2cnc3cnc4[nH]ccc4c32)C1)c1ccccc1. The number of aromatic nitrogens is 4. The highest BCUT2D eigenvalue weighted by atomic mass is 16.1. The maximum absolute atomic E-state index is 12.6. The van der Waals surface area contributed by atoms with Crippen molar-refractivity contribution in [3.05, 3.63) is 60.7 Å². The zero-order valence-corrected chi connectivity index (χ0v) is 15.0. The van der Waals surface area contributed by atoms with Gasteiger partial charge in [-0.05, 0) is 25.5 Å². The Labute approximate surface area is 156 Å². The second kappa shape index (κ2) is 6.63. The monoisotopic (exact) mass is 359 g/mol.